The molecule has 0 bridgehead atoms. The maximum Gasteiger partial charge on any atom is 0.0931 e. The molecule has 1 N–H and O–H groups in total. The van der Waals surface area contributed by atoms with Crippen molar-refractivity contribution in [3.63, 3.8) is 0 Å². The van der Waals surface area contributed by atoms with Gasteiger partial charge in [-0.1, -0.05) is 27.5 Å². The van der Waals surface area contributed by atoms with Crippen molar-refractivity contribution >= 4 is 50.2 Å². The van der Waals surface area contributed by atoms with Crippen molar-refractivity contribution in [3.8, 4) is 0 Å². The minimum absolute atomic E-state index is 0.786. The zero-order chi connectivity index (χ0) is 13.1. The summed E-state index contributed by atoms with van der Waals surface area (Å²) in [4.78, 5) is 3.32. The third-order valence-electron chi connectivity index (χ3n) is 2.52. The number of thiophene rings is 1. The standard InChI is InChI=1S/C13H14BrClN2S/c1-17(2)12-5-3-9(14)7-11(12)16-8-10-4-6-13(15)18-10/h3-7,16H,8H2,1-2H3. The first-order valence-electron chi connectivity index (χ1n) is 5.51. The Morgan fingerprint density at radius 1 is 1.28 bits per heavy atom. The monoisotopic (exact) mass is 344 g/mol. The average Bonchev–Trinajstić information content (AvgIpc) is 2.72. The molecule has 18 heavy (non-hydrogen) atoms. The number of rotatable bonds is 4. The van der Waals surface area contributed by atoms with Crippen LogP contribution in [-0.4, -0.2) is 14.1 Å². The van der Waals surface area contributed by atoms with Crippen LogP contribution in [0.15, 0.2) is 34.8 Å². The fraction of sp³-hybridized carbons (Fsp3) is 0.231. The Labute approximate surface area is 125 Å². The molecule has 0 saturated heterocycles. The van der Waals surface area contributed by atoms with Crippen LogP contribution in [0.3, 0.4) is 0 Å². The quantitative estimate of drug-likeness (QED) is 0.852. The normalized spacial score (nSPS) is 10.4. The molecule has 0 amide bonds. The van der Waals surface area contributed by atoms with Gasteiger partial charge in [0, 0.05) is 30.0 Å². The molecular formula is C13H14BrClN2S. The van der Waals surface area contributed by atoms with E-state index in [4.69, 9.17) is 11.6 Å². The summed E-state index contributed by atoms with van der Waals surface area (Å²) in [5.74, 6) is 0. The highest BCUT2D eigenvalue weighted by molar-refractivity contribution is 9.10. The molecule has 0 aliphatic rings. The molecule has 0 radical (unpaired) electrons. The zero-order valence-electron chi connectivity index (χ0n) is 10.2. The Bertz CT molecular complexity index is 540. The SMILES string of the molecule is CN(C)c1ccc(Br)cc1NCc1ccc(Cl)s1. The lowest BCUT2D eigenvalue weighted by atomic mass is 10.2. The van der Waals surface area contributed by atoms with Crippen LogP contribution in [0, 0.1) is 0 Å². The molecular weight excluding hydrogens is 332 g/mol. The topological polar surface area (TPSA) is 15.3 Å². The summed E-state index contributed by atoms with van der Waals surface area (Å²) in [5, 5.41) is 3.45. The van der Waals surface area contributed by atoms with Crippen LogP contribution in [0.25, 0.3) is 0 Å². The lowest BCUT2D eigenvalue weighted by Crippen LogP contribution is -2.12. The van der Waals surface area contributed by atoms with Crippen LogP contribution in [0.1, 0.15) is 4.88 Å². The van der Waals surface area contributed by atoms with E-state index in [0.29, 0.717) is 0 Å². The summed E-state index contributed by atoms with van der Waals surface area (Å²) >= 11 is 11.0. The Hall–Kier alpha value is -0.710. The molecule has 0 spiro atoms. The van der Waals surface area contributed by atoms with E-state index < -0.39 is 0 Å². The van der Waals surface area contributed by atoms with Crippen molar-refractivity contribution < 1.29 is 0 Å². The fourth-order valence-corrected chi connectivity index (χ4v) is 3.06. The van der Waals surface area contributed by atoms with Crippen LogP contribution in [-0.2, 0) is 6.54 Å². The molecule has 0 aliphatic heterocycles. The maximum atomic E-state index is 5.92. The number of nitrogens with one attached hydrogen (secondary N) is 1. The van der Waals surface area contributed by atoms with Crippen molar-refractivity contribution in [2.75, 3.05) is 24.3 Å². The minimum Gasteiger partial charge on any atom is -0.378 e. The van der Waals surface area contributed by atoms with Gasteiger partial charge in [-0.05, 0) is 30.3 Å². The van der Waals surface area contributed by atoms with Gasteiger partial charge in [0.1, 0.15) is 0 Å². The number of hydrogen-bond acceptors (Lipinski definition) is 3. The van der Waals surface area contributed by atoms with Gasteiger partial charge >= 0.3 is 0 Å². The van der Waals surface area contributed by atoms with Gasteiger partial charge in [-0.3, -0.25) is 0 Å². The molecule has 5 heteroatoms. The van der Waals surface area contributed by atoms with Gasteiger partial charge < -0.3 is 10.2 Å². The smallest absolute Gasteiger partial charge is 0.0931 e. The van der Waals surface area contributed by atoms with E-state index in [1.165, 1.54) is 10.6 Å². The van der Waals surface area contributed by atoms with E-state index in [1.807, 2.05) is 32.3 Å². The second kappa shape index (κ2) is 5.95. The highest BCUT2D eigenvalue weighted by Gasteiger charge is 2.06. The summed E-state index contributed by atoms with van der Waals surface area (Å²) in [5.41, 5.74) is 2.28. The van der Waals surface area contributed by atoms with Crippen LogP contribution >= 0.6 is 38.9 Å². The van der Waals surface area contributed by atoms with Gasteiger partial charge in [-0.2, -0.15) is 0 Å². The summed E-state index contributed by atoms with van der Waals surface area (Å²) < 4.78 is 1.90. The van der Waals surface area contributed by atoms with Crippen molar-refractivity contribution in [2.45, 2.75) is 6.54 Å². The second-order valence-electron chi connectivity index (χ2n) is 4.12. The van der Waals surface area contributed by atoms with Gasteiger partial charge in [0.25, 0.3) is 0 Å². The largest absolute Gasteiger partial charge is 0.378 e. The molecule has 0 atom stereocenters. The zero-order valence-corrected chi connectivity index (χ0v) is 13.4. The molecule has 0 aliphatic carbocycles. The average molecular weight is 346 g/mol. The number of halogens is 2. The predicted octanol–water partition coefficient (Wildman–Crippen LogP) is 4.84. The maximum absolute atomic E-state index is 5.92. The predicted molar refractivity (Wildman–Crippen MR) is 85.1 cm³/mol. The van der Waals surface area contributed by atoms with Gasteiger partial charge in [-0.15, -0.1) is 11.3 Å². The molecule has 2 nitrogen and oxygen atoms in total. The Morgan fingerprint density at radius 3 is 2.67 bits per heavy atom. The van der Waals surface area contributed by atoms with Crippen molar-refractivity contribution in [3.05, 3.63) is 44.0 Å². The fourth-order valence-electron chi connectivity index (χ4n) is 1.67. The first-order chi connectivity index (χ1) is 8.56. The molecule has 0 unspecified atom stereocenters. The van der Waals surface area contributed by atoms with Gasteiger partial charge in [0.15, 0.2) is 0 Å². The first-order valence-corrected chi connectivity index (χ1v) is 7.50. The highest BCUT2D eigenvalue weighted by Crippen LogP contribution is 2.29. The first kappa shape index (κ1) is 13.7. The molecule has 1 heterocycles. The molecule has 0 fully saturated rings. The third kappa shape index (κ3) is 3.40. The van der Waals surface area contributed by atoms with E-state index in [-0.39, 0.29) is 0 Å². The number of anilines is 2. The second-order valence-corrected chi connectivity index (χ2v) is 6.83. The van der Waals surface area contributed by atoms with E-state index in [1.54, 1.807) is 11.3 Å². The molecule has 2 aromatic rings. The summed E-state index contributed by atoms with van der Waals surface area (Å²) in [6.45, 7) is 0.786. The lowest BCUT2D eigenvalue weighted by molar-refractivity contribution is 1.11. The minimum atomic E-state index is 0.786. The van der Waals surface area contributed by atoms with E-state index in [0.717, 1.165) is 21.0 Å². The molecule has 1 aromatic carbocycles. The molecule has 1 aromatic heterocycles. The number of hydrogen-bond donors (Lipinski definition) is 1. The van der Waals surface area contributed by atoms with Crippen molar-refractivity contribution in [1.82, 2.24) is 0 Å². The Balaban J connectivity index is 2.15. The third-order valence-corrected chi connectivity index (χ3v) is 4.25. The van der Waals surface area contributed by atoms with E-state index >= 15 is 0 Å². The summed E-state index contributed by atoms with van der Waals surface area (Å²) in [7, 11) is 4.08. The highest BCUT2D eigenvalue weighted by atomic mass is 79.9. The van der Waals surface area contributed by atoms with Gasteiger partial charge in [0.2, 0.25) is 0 Å². The van der Waals surface area contributed by atoms with Crippen molar-refractivity contribution in [2.24, 2.45) is 0 Å². The van der Waals surface area contributed by atoms with E-state index in [2.05, 4.69) is 38.3 Å². The Kier molecular flexibility index (Phi) is 4.54. The summed E-state index contributed by atoms with van der Waals surface area (Å²) in [6, 6.07) is 10.2. The summed E-state index contributed by atoms with van der Waals surface area (Å²) in [6.07, 6.45) is 0. The van der Waals surface area contributed by atoms with Crippen LogP contribution < -0.4 is 10.2 Å². The number of benzene rings is 1. The van der Waals surface area contributed by atoms with E-state index in [9.17, 15) is 0 Å². The Morgan fingerprint density at radius 2 is 2.06 bits per heavy atom. The van der Waals surface area contributed by atoms with Crippen molar-refractivity contribution in [1.29, 1.82) is 0 Å². The lowest BCUT2D eigenvalue weighted by Gasteiger charge is -2.18. The molecule has 2 rings (SSSR count). The van der Waals surface area contributed by atoms with Gasteiger partial charge in [0.05, 0.1) is 15.7 Å². The van der Waals surface area contributed by atoms with Crippen LogP contribution in [0.4, 0.5) is 11.4 Å². The van der Waals surface area contributed by atoms with Gasteiger partial charge in [-0.25, -0.2) is 0 Å². The van der Waals surface area contributed by atoms with Crippen LogP contribution in [0.2, 0.25) is 4.34 Å². The molecule has 0 saturated carbocycles. The molecule has 96 valence electrons. The number of nitrogens with zero attached hydrogens (tertiary/aromatic N) is 1. The van der Waals surface area contributed by atoms with Crippen LogP contribution in [0.5, 0.6) is 0 Å².